The standard InChI is InChI=1S/C9H13F2N3O2/c1-14(4-8(10)11)3-7-2-6(5-16-7)9(15)13-12/h2,5,8H,3-4,12H2,1H3,(H,13,15). The number of rotatable bonds is 5. The highest BCUT2D eigenvalue weighted by molar-refractivity contribution is 5.93. The van der Waals surface area contributed by atoms with Crippen molar-refractivity contribution < 1.29 is 18.0 Å². The predicted octanol–water partition coefficient (Wildman–Crippen LogP) is 0.580. The number of carbonyl (C=O) groups excluding carboxylic acids is 1. The van der Waals surface area contributed by atoms with Gasteiger partial charge in [-0.2, -0.15) is 0 Å². The number of amides is 1. The largest absolute Gasteiger partial charge is 0.467 e. The highest BCUT2D eigenvalue weighted by Crippen LogP contribution is 2.10. The van der Waals surface area contributed by atoms with Gasteiger partial charge in [0.25, 0.3) is 12.3 Å². The van der Waals surface area contributed by atoms with E-state index in [-0.39, 0.29) is 18.7 Å². The van der Waals surface area contributed by atoms with Crippen LogP contribution in [0.5, 0.6) is 0 Å². The molecule has 5 nitrogen and oxygen atoms in total. The molecule has 0 aliphatic heterocycles. The van der Waals surface area contributed by atoms with Gasteiger partial charge in [-0.1, -0.05) is 0 Å². The Balaban J connectivity index is 2.55. The molecule has 90 valence electrons. The Labute approximate surface area is 91.2 Å². The van der Waals surface area contributed by atoms with Crippen LogP contribution in [0.1, 0.15) is 16.1 Å². The number of nitrogen functional groups attached to an aromatic ring is 1. The summed E-state index contributed by atoms with van der Waals surface area (Å²) in [5.41, 5.74) is 2.21. The topological polar surface area (TPSA) is 71.5 Å². The molecule has 0 unspecified atom stereocenters. The monoisotopic (exact) mass is 233 g/mol. The van der Waals surface area contributed by atoms with Crippen LogP contribution in [0, 0.1) is 0 Å². The van der Waals surface area contributed by atoms with Gasteiger partial charge in [-0.3, -0.25) is 15.1 Å². The quantitative estimate of drug-likeness (QED) is 0.443. The molecule has 1 aromatic rings. The Morgan fingerprint density at radius 2 is 2.38 bits per heavy atom. The fourth-order valence-electron chi connectivity index (χ4n) is 1.23. The van der Waals surface area contributed by atoms with Crippen LogP contribution in [0.25, 0.3) is 0 Å². The lowest BCUT2D eigenvalue weighted by Gasteiger charge is -2.13. The molecule has 16 heavy (non-hydrogen) atoms. The van der Waals surface area contributed by atoms with E-state index in [1.807, 2.05) is 5.43 Å². The number of hydrogen-bond donors (Lipinski definition) is 2. The van der Waals surface area contributed by atoms with Crippen molar-refractivity contribution in [1.82, 2.24) is 10.3 Å². The second kappa shape index (κ2) is 5.57. The molecule has 0 spiro atoms. The van der Waals surface area contributed by atoms with Crippen LogP contribution < -0.4 is 11.3 Å². The molecule has 0 saturated heterocycles. The highest BCUT2D eigenvalue weighted by atomic mass is 19.3. The average Bonchev–Trinajstić information content (AvgIpc) is 2.63. The van der Waals surface area contributed by atoms with Crippen molar-refractivity contribution in [2.45, 2.75) is 13.0 Å². The number of nitrogens with zero attached hydrogens (tertiary/aromatic N) is 1. The molecule has 7 heteroatoms. The Hall–Kier alpha value is -1.47. The van der Waals surface area contributed by atoms with Gasteiger partial charge >= 0.3 is 0 Å². The Bertz CT molecular complexity index is 354. The minimum Gasteiger partial charge on any atom is -0.467 e. The van der Waals surface area contributed by atoms with Crippen LogP contribution in [0.3, 0.4) is 0 Å². The summed E-state index contributed by atoms with van der Waals surface area (Å²) in [4.78, 5) is 12.5. The Kier molecular flexibility index (Phi) is 4.39. The maximum atomic E-state index is 12.0. The van der Waals surface area contributed by atoms with Gasteiger partial charge in [0.15, 0.2) is 0 Å². The lowest BCUT2D eigenvalue weighted by molar-refractivity contribution is 0.0942. The number of nitrogens with one attached hydrogen (secondary N) is 1. The van der Waals surface area contributed by atoms with Crippen molar-refractivity contribution in [3.63, 3.8) is 0 Å². The van der Waals surface area contributed by atoms with Gasteiger partial charge in [-0.15, -0.1) is 0 Å². The van der Waals surface area contributed by atoms with E-state index in [0.717, 1.165) is 0 Å². The van der Waals surface area contributed by atoms with Crippen molar-refractivity contribution in [3.05, 3.63) is 23.7 Å². The smallest absolute Gasteiger partial charge is 0.268 e. The summed E-state index contributed by atoms with van der Waals surface area (Å²) >= 11 is 0. The molecule has 0 aliphatic carbocycles. The molecule has 0 bridgehead atoms. The van der Waals surface area contributed by atoms with Crippen LogP contribution in [0.15, 0.2) is 16.7 Å². The SMILES string of the molecule is CN(Cc1cc(C(=O)NN)co1)CC(F)F. The van der Waals surface area contributed by atoms with E-state index >= 15 is 0 Å². The van der Waals surface area contributed by atoms with E-state index in [2.05, 4.69) is 0 Å². The molecular weight excluding hydrogens is 220 g/mol. The summed E-state index contributed by atoms with van der Waals surface area (Å²) < 4.78 is 29.1. The zero-order valence-electron chi connectivity index (χ0n) is 8.74. The fourth-order valence-corrected chi connectivity index (χ4v) is 1.23. The predicted molar refractivity (Wildman–Crippen MR) is 52.7 cm³/mol. The van der Waals surface area contributed by atoms with E-state index in [4.69, 9.17) is 10.3 Å². The summed E-state index contributed by atoms with van der Waals surface area (Å²) in [6.45, 7) is -0.138. The van der Waals surface area contributed by atoms with E-state index in [0.29, 0.717) is 5.76 Å². The summed E-state index contributed by atoms with van der Waals surface area (Å²) in [5.74, 6) is 4.88. The third kappa shape index (κ3) is 3.59. The second-order valence-electron chi connectivity index (χ2n) is 3.36. The zero-order chi connectivity index (χ0) is 12.1. The molecule has 1 heterocycles. The van der Waals surface area contributed by atoms with Gasteiger partial charge in [0.2, 0.25) is 0 Å². The second-order valence-corrected chi connectivity index (χ2v) is 3.36. The maximum Gasteiger partial charge on any atom is 0.268 e. The number of furan rings is 1. The fraction of sp³-hybridized carbons (Fsp3) is 0.444. The van der Waals surface area contributed by atoms with Gasteiger partial charge in [0, 0.05) is 0 Å². The van der Waals surface area contributed by atoms with Gasteiger partial charge in [0.05, 0.1) is 18.7 Å². The highest BCUT2D eigenvalue weighted by Gasteiger charge is 2.12. The van der Waals surface area contributed by atoms with E-state index in [9.17, 15) is 13.6 Å². The number of carbonyl (C=O) groups is 1. The van der Waals surface area contributed by atoms with E-state index in [1.165, 1.54) is 24.3 Å². The molecular formula is C9H13F2N3O2. The average molecular weight is 233 g/mol. The number of alkyl halides is 2. The minimum absolute atomic E-state index is 0.211. The normalized spacial score (nSPS) is 11.1. The van der Waals surface area contributed by atoms with Crippen LogP contribution in [-0.2, 0) is 6.54 Å². The number of hydrogen-bond acceptors (Lipinski definition) is 4. The molecule has 0 saturated carbocycles. The molecule has 3 N–H and O–H groups in total. The van der Waals surface area contributed by atoms with Gasteiger partial charge in [-0.05, 0) is 13.1 Å². The number of nitrogens with two attached hydrogens (primary N) is 1. The van der Waals surface area contributed by atoms with Crippen molar-refractivity contribution in [1.29, 1.82) is 0 Å². The molecule has 1 aromatic heterocycles. The molecule has 0 atom stereocenters. The van der Waals surface area contributed by atoms with E-state index < -0.39 is 12.3 Å². The first-order valence-electron chi connectivity index (χ1n) is 4.58. The maximum absolute atomic E-state index is 12.0. The van der Waals surface area contributed by atoms with Crippen LogP contribution >= 0.6 is 0 Å². The van der Waals surface area contributed by atoms with Crippen LogP contribution in [0.4, 0.5) is 8.78 Å². The van der Waals surface area contributed by atoms with Gasteiger partial charge in [-0.25, -0.2) is 14.6 Å². The minimum atomic E-state index is -2.40. The first kappa shape index (κ1) is 12.6. The molecule has 0 aromatic carbocycles. The van der Waals surface area contributed by atoms with Crippen molar-refractivity contribution in [3.8, 4) is 0 Å². The van der Waals surface area contributed by atoms with Crippen molar-refractivity contribution in [2.75, 3.05) is 13.6 Å². The van der Waals surface area contributed by atoms with Crippen molar-refractivity contribution in [2.24, 2.45) is 5.84 Å². The lowest BCUT2D eigenvalue weighted by Crippen LogP contribution is -2.29. The first-order chi connectivity index (χ1) is 7.52. The summed E-state index contributed by atoms with van der Waals surface area (Å²) in [6.07, 6.45) is -1.17. The van der Waals surface area contributed by atoms with Gasteiger partial charge < -0.3 is 4.42 Å². The zero-order valence-corrected chi connectivity index (χ0v) is 8.74. The Morgan fingerprint density at radius 1 is 1.69 bits per heavy atom. The first-order valence-corrected chi connectivity index (χ1v) is 4.58. The third-order valence-electron chi connectivity index (χ3n) is 1.92. The summed E-state index contributed by atoms with van der Waals surface area (Å²) in [6, 6.07) is 1.46. The number of hydrazine groups is 1. The molecule has 0 fully saturated rings. The van der Waals surface area contributed by atoms with Gasteiger partial charge in [0.1, 0.15) is 12.0 Å². The molecule has 1 amide bonds. The number of halogens is 2. The lowest BCUT2D eigenvalue weighted by atomic mass is 10.3. The molecule has 0 aliphatic rings. The summed E-state index contributed by atoms with van der Waals surface area (Å²) in [5, 5.41) is 0. The molecule has 0 radical (unpaired) electrons. The van der Waals surface area contributed by atoms with Crippen molar-refractivity contribution >= 4 is 5.91 Å². The van der Waals surface area contributed by atoms with Crippen LogP contribution in [0.2, 0.25) is 0 Å². The third-order valence-corrected chi connectivity index (χ3v) is 1.92. The summed E-state index contributed by atoms with van der Waals surface area (Å²) in [7, 11) is 1.54. The van der Waals surface area contributed by atoms with E-state index in [1.54, 1.807) is 0 Å². The molecule has 1 rings (SSSR count). The van der Waals surface area contributed by atoms with Crippen LogP contribution in [-0.4, -0.2) is 30.8 Å². The Morgan fingerprint density at radius 3 is 2.94 bits per heavy atom.